The molecule has 2 N–H and O–H groups in total. The van der Waals surface area contributed by atoms with Crippen LogP contribution in [0.2, 0.25) is 0 Å². The Bertz CT molecular complexity index is 511. The van der Waals surface area contributed by atoms with Crippen molar-refractivity contribution in [2.24, 2.45) is 0 Å². The molecule has 1 aromatic rings. The second-order valence-electron chi connectivity index (χ2n) is 5.08. The van der Waals surface area contributed by atoms with E-state index in [1.807, 2.05) is 6.92 Å². The van der Waals surface area contributed by atoms with Crippen molar-refractivity contribution < 1.29 is 4.79 Å². The quantitative estimate of drug-likeness (QED) is 0.809. The molecule has 0 aliphatic heterocycles. The molecule has 2 rings (SSSR count). The van der Waals surface area contributed by atoms with Gasteiger partial charge in [0.15, 0.2) is 0 Å². The largest absolute Gasteiger partial charge is 0.357 e. The van der Waals surface area contributed by atoms with Gasteiger partial charge in [0.05, 0.1) is 0 Å². The van der Waals surface area contributed by atoms with Crippen LogP contribution < -0.4 is 10.6 Å². The number of rotatable bonds is 5. The molecular formula is C15H22N4O. The maximum absolute atomic E-state index is 12.1. The Labute approximate surface area is 119 Å². The minimum Gasteiger partial charge on any atom is -0.357 e. The molecule has 5 heteroatoms. The van der Waals surface area contributed by atoms with E-state index in [0.717, 1.165) is 12.1 Å². The van der Waals surface area contributed by atoms with Gasteiger partial charge in [0.2, 0.25) is 5.95 Å². The zero-order valence-electron chi connectivity index (χ0n) is 12.2. The Morgan fingerprint density at radius 2 is 2.20 bits per heavy atom. The Balaban J connectivity index is 1.88. The molecule has 1 aliphatic rings. The van der Waals surface area contributed by atoms with Gasteiger partial charge in [0, 0.05) is 19.3 Å². The third-order valence-electron chi connectivity index (χ3n) is 3.43. The molecular weight excluding hydrogens is 252 g/mol. The molecule has 0 radical (unpaired) electrons. The maximum atomic E-state index is 12.1. The first kappa shape index (κ1) is 14.5. The van der Waals surface area contributed by atoms with Gasteiger partial charge < -0.3 is 10.6 Å². The van der Waals surface area contributed by atoms with E-state index in [4.69, 9.17) is 0 Å². The highest BCUT2D eigenvalue weighted by Crippen LogP contribution is 2.19. The predicted octanol–water partition coefficient (Wildman–Crippen LogP) is 2.45. The fraction of sp³-hybridized carbons (Fsp3) is 0.533. The number of allylic oxidation sites excluding steroid dienone is 1. The van der Waals surface area contributed by atoms with E-state index < -0.39 is 0 Å². The molecule has 5 nitrogen and oxygen atoms in total. The van der Waals surface area contributed by atoms with Crippen molar-refractivity contribution in [2.75, 3.05) is 18.9 Å². The maximum Gasteiger partial charge on any atom is 0.270 e. The van der Waals surface area contributed by atoms with Crippen LogP contribution in [0.1, 0.15) is 48.3 Å². The predicted molar refractivity (Wildman–Crippen MR) is 79.8 cm³/mol. The van der Waals surface area contributed by atoms with E-state index in [1.165, 1.54) is 31.3 Å². The van der Waals surface area contributed by atoms with E-state index in [-0.39, 0.29) is 5.91 Å². The van der Waals surface area contributed by atoms with Crippen LogP contribution in [0.5, 0.6) is 0 Å². The summed E-state index contributed by atoms with van der Waals surface area (Å²) in [4.78, 5) is 20.4. The zero-order valence-corrected chi connectivity index (χ0v) is 12.2. The number of aromatic nitrogens is 2. The zero-order chi connectivity index (χ0) is 14.4. The first-order valence-corrected chi connectivity index (χ1v) is 7.18. The molecule has 1 aromatic heterocycles. The van der Waals surface area contributed by atoms with E-state index >= 15 is 0 Å². The highest BCUT2D eigenvalue weighted by atomic mass is 16.1. The van der Waals surface area contributed by atoms with Crippen LogP contribution in [-0.4, -0.2) is 29.5 Å². The van der Waals surface area contributed by atoms with Gasteiger partial charge in [-0.3, -0.25) is 4.79 Å². The number of nitrogens with zero attached hydrogens (tertiary/aromatic N) is 2. The topological polar surface area (TPSA) is 66.9 Å². The van der Waals surface area contributed by atoms with Crippen LogP contribution >= 0.6 is 0 Å². The lowest BCUT2D eigenvalue weighted by Crippen LogP contribution is -2.26. The molecule has 1 aliphatic carbocycles. The first-order valence-electron chi connectivity index (χ1n) is 7.18. The van der Waals surface area contributed by atoms with Crippen molar-refractivity contribution in [1.29, 1.82) is 0 Å². The minimum absolute atomic E-state index is 0.136. The summed E-state index contributed by atoms with van der Waals surface area (Å²) in [6, 6.07) is 1.70. The number of hydrogen-bond donors (Lipinski definition) is 2. The summed E-state index contributed by atoms with van der Waals surface area (Å²) < 4.78 is 0. The number of hydrogen-bond acceptors (Lipinski definition) is 4. The highest BCUT2D eigenvalue weighted by molar-refractivity contribution is 5.92. The highest BCUT2D eigenvalue weighted by Gasteiger charge is 2.10. The van der Waals surface area contributed by atoms with Crippen molar-refractivity contribution in [3.8, 4) is 0 Å². The Hall–Kier alpha value is -1.91. The van der Waals surface area contributed by atoms with Crippen LogP contribution in [0.15, 0.2) is 17.7 Å². The van der Waals surface area contributed by atoms with E-state index in [2.05, 4.69) is 26.7 Å². The lowest BCUT2D eigenvalue weighted by molar-refractivity contribution is 0.0949. The standard InChI is InChI=1S/C15H22N4O/c1-11-10-13(19-15(16-2)18-11)14(20)17-9-8-12-6-4-3-5-7-12/h6,10H,3-5,7-9H2,1-2H3,(H,17,20)(H,16,18,19). The Kier molecular flexibility index (Phi) is 5.09. The van der Waals surface area contributed by atoms with Crippen LogP contribution in [0.25, 0.3) is 0 Å². The molecule has 0 fully saturated rings. The van der Waals surface area contributed by atoms with Crippen molar-refractivity contribution in [1.82, 2.24) is 15.3 Å². The molecule has 0 saturated carbocycles. The van der Waals surface area contributed by atoms with Gasteiger partial charge in [-0.05, 0) is 45.1 Å². The van der Waals surface area contributed by atoms with Crippen LogP contribution in [-0.2, 0) is 0 Å². The monoisotopic (exact) mass is 274 g/mol. The van der Waals surface area contributed by atoms with Gasteiger partial charge in [-0.1, -0.05) is 11.6 Å². The molecule has 0 spiro atoms. The smallest absolute Gasteiger partial charge is 0.270 e. The molecule has 0 aromatic carbocycles. The minimum atomic E-state index is -0.136. The molecule has 0 atom stereocenters. The summed E-state index contributed by atoms with van der Waals surface area (Å²) >= 11 is 0. The first-order chi connectivity index (χ1) is 9.69. The molecule has 20 heavy (non-hydrogen) atoms. The summed E-state index contributed by atoms with van der Waals surface area (Å²) in [6.45, 7) is 2.52. The Morgan fingerprint density at radius 3 is 2.90 bits per heavy atom. The Morgan fingerprint density at radius 1 is 1.35 bits per heavy atom. The number of carbonyl (C=O) groups excluding carboxylic acids is 1. The van der Waals surface area contributed by atoms with Crippen LogP contribution in [0.4, 0.5) is 5.95 Å². The second-order valence-corrected chi connectivity index (χ2v) is 5.08. The van der Waals surface area contributed by atoms with Gasteiger partial charge in [-0.15, -0.1) is 0 Å². The van der Waals surface area contributed by atoms with Gasteiger partial charge in [0.25, 0.3) is 5.91 Å². The molecule has 0 saturated heterocycles. The van der Waals surface area contributed by atoms with E-state index in [9.17, 15) is 4.79 Å². The van der Waals surface area contributed by atoms with Gasteiger partial charge >= 0.3 is 0 Å². The molecule has 1 amide bonds. The molecule has 108 valence electrons. The average Bonchev–Trinajstić information content (AvgIpc) is 2.47. The van der Waals surface area contributed by atoms with Crippen molar-refractivity contribution in [3.63, 3.8) is 0 Å². The normalized spacial score (nSPS) is 14.6. The number of anilines is 1. The van der Waals surface area contributed by atoms with E-state index in [0.29, 0.717) is 18.2 Å². The number of aryl methyl sites for hydroxylation is 1. The van der Waals surface area contributed by atoms with Crippen LogP contribution in [0.3, 0.4) is 0 Å². The molecule has 0 unspecified atom stereocenters. The molecule has 1 heterocycles. The summed E-state index contributed by atoms with van der Waals surface area (Å²) in [7, 11) is 1.74. The fourth-order valence-corrected chi connectivity index (χ4v) is 2.36. The van der Waals surface area contributed by atoms with Crippen LogP contribution in [0, 0.1) is 6.92 Å². The number of amides is 1. The summed E-state index contributed by atoms with van der Waals surface area (Å²) in [5, 5.41) is 5.79. The fourth-order valence-electron chi connectivity index (χ4n) is 2.36. The number of nitrogens with one attached hydrogen (secondary N) is 2. The summed E-state index contributed by atoms with van der Waals surface area (Å²) in [6.07, 6.45) is 8.17. The van der Waals surface area contributed by atoms with Gasteiger partial charge in [-0.25, -0.2) is 9.97 Å². The van der Waals surface area contributed by atoms with E-state index in [1.54, 1.807) is 13.1 Å². The van der Waals surface area contributed by atoms with Crippen molar-refractivity contribution in [3.05, 3.63) is 29.1 Å². The summed E-state index contributed by atoms with van der Waals surface area (Å²) in [5.74, 6) is 0.341. The third kappa shape index (κ3) is 4.05. The molecule has 0 bridgehead atoms. The lowest BCUT2D eigenvalue weighted by Gasteiger charge is -2.13. The SMILES string of the molecule is CNc1nc(C)cc(C(=O)NCCC2=CCCCC2)n1. The average molecular weight is 274 g/mol. The van der Waals surface area contributed by atoms with Gasteiger partial charge in [0.1, 0.15) is 5.69 Å². The van der Waals surface area contributed by atoms with Gasteiger partial charge in [-0.2, -0.15) is 0 Å². The lowest BCUT2D eigenvalue weighted by atomic mass is 9.97. The second kappa shape index (κ2) is 7.03. The summed E-state index contributed by atoms with van der Waals surface area (Å²) in [5.41, 5.74) is 2.66. The number of carbonyl (C=O) groups is 1. The van der Waals surface area contributed by atoms with Crippen molar-refractivity contribution >= 4 is 11.9 Å². The third-order valence-corrected chi connectivity index (χ3v) is 3.43. The van der Waals surface area contributed by atoms with Crippen molar-refractivity contribution in [2.45, 2.75) is 39.0 Å².